The molecule has 6 nitrogen and oxygen atoms in total. The quantitative estimate of drug-likeness (QED) is 0.809. The van der Waals surface area contributed by atoms with E-state index in [1.165, 1.54) is 24.2 Å². The molecular formula is C11H18N6S. The van der Waals surface area contributed by atoms with Crippen LogP contribution in [0.2, 0.25) is 0 Å². The molecule has 2 aromatic rings. The monoisotopic (exact) mass is 266 g/mol. The maximum Gasteiger partial charge on any atom is 0.203 e. The predicted octanol–water partition coefficient (Wildman–Crippen LogP) is 2.05. The lowest BCUT2D eigenvalue weighted by atomic mass is 10.2. The van der Waals surface area contributed by atoms with Crippen molar-refractivity contribution in [2.24, 2.45) is 0 Å². The molecule has 1 unspecified atom stereocenters. The second-order valence-corrected chi connectivity index (χ2v) is 5.34. The van der Waals surface area contributed by atoms with Crippen LogP contribution in [0.3, 0.4) is 0 Å². The molecule has 0 aliphatic heterocycles. The third-order valence-electron chi connectivity index (χ3n) is 2.80. The van der Waals surface area contributed by atoms with Gasteiger partial charge in [-0.15, -0.1) is 15.3 Å². The highest BCUT2D eigenvalue weighted by atomic mass is 32.1. The van der Waals surface area contributed by atoms with Crippen LogP contribution in [0.4, 0.5) is 5.13 Å². The van der Waals surface area contributed by atoms with Crippen LogP contribution in [0.25, 0.3) is 0 Å². The smallest absolute Gasteiger partial charge is 0.203 e. The lowest BCUT2D eigenvalue weighted by molar-refractivity contribution is 0.537. The highest BCUT2D eigenvalue weighted by Crippen LogP contribution is 2.22. The summed E-state index contributed by atoms with van der Waals surface area (Å²) in [6.07, 6.45) is 6.58. The molecule has 0 saturated heterocycles. The molecule has 2 aromatic heterocycles. The number of hydrogen-bond donors (Lipinski definition) is 1. The van der Waals surface area contributed by atoms with E-state index in [2.05, 4.69) is 27.4 Å². The lowest BCUT2D eigenvalue weighted by Crippen LogP contribution is -2.07. The fraction of sp³-hybridized carbons (Fsp3) is 0.636. The molecular weight excluding hydrogens is 248 g/mol. The van der Waals surface area contributed by atoms with Crippen molar-refractivity contribution in [3.05, 3.63) is 16.9 Å². The summed E-state index contributed by atoms with van der Waals surface area (Å²) in [5.41, 5.74) is 6.62. The maximum atomic E-state index is 5.58. The van der Waals surface area contributed by atoms with Gasteiger partial charge in [-0.3, -0.25) is 0 Å². The van der Waals surface area contributed by atoms with Crippen LogP contribution in [0.1, 0.15) is 49.9 Å². The summed E-state index contributed by atoms with van der Waals surface area (Å²) in [5, 5.41) is 17.5. The standard InChI is InChI=1S/C11H18N6S/c1-3-4-5-6-9-7-17(16-13-9)8(2)10-14-15-11(12)18-10/h7-8H,3-6H2,1-2H3,(H2,12,15). The molecule has 2 rings (SSSR count). The lowest BCUT2D eigenvalue weighted by Gasteiger charge is -2.05. The number of hydrogen-bond acceptors (Lipinski definition) is 6. The Morgan fingerprint density at radius 2 is 2.17 bits per heavy atom. The van der Waals surface area contributed by atoms with Crippen molar-refractivity contribution >= 4 is 16.5 Å². The molecule has 7 heteroatoms. The SMILES string of the molecule is CCCCCc1cn(C(C)c2nnc(N)s2)nn1. The first-order chi connectivity index (χ1) is 8.70. The van der Waals surface area contributed by atoms with E-state index in [0.29, 0.717) is 5.13 Å². The minimum absolute atomic E-state index is 0.0345. The molecule has 0 amide bonds. The zero-order valence-electron chi connectivity index (χ0n) is 10.7. The van der Waals surface area contributed by atoms with Gasteiger partial charge >= 0.3 is 0 Å². The van der Waals surface area contributed by atoms with Gasteiger partial charge in [0, 0.05) is 6.20 Å². The normalized spacial score (nSPS) is 12.8. The van der Waals surface area contributed by atoms with E-state index >= 15 is 0 Å². The number of nitrogens with zero attached hydrogens (tertiary/aromatic N) is 5. The van der Waals surface area contributed by atoms with E-state index in [1.807, 2.05) is 17.8 Å². The average molecular weight is 266 g/mol. The van der Waals surface area contributed by atoms with Gasteiger partial charge in [-0.1, -0.05) is 36.3 Å². The van der Waals surface area contributed by atoms with Crippen LogP contribution in [0.5, 0.6) is 0 Å². The first-order valence-electron chi connectivity index (χ1n) is 6.20. The predicted molar refractivity (Wildman–Crippen MR) is 71.4 cm³/mol. The summed E-state index contributed by atoms with van der Waals surface area (Å²) in [6.45, 7) is 4.21. The van der Waals surface area contributed by atoms with Crippen LogP contribution in [-0.4, -0.2) is 25.2 Å². The zero-order valence-corrected chi connectivity index (χ0v) is 11.5. The zero-order chi connectivity index (χ0) is 13.0. The summed E-state index contributed by atoms with van der Waals surface area (Å²) >= 11 is 1.39. The van der Waals surface area contributed by atoms with E-state index in [-0.39, 0.29) is 6.04 Å². The van der Waals surface area contributed by atoms with Crippen molar-refractivity contribution in [1.82, 2.24) is 25.2 Å². The van der Waals surface area contributed by atoms with Crippen LogP contribution in [0, 0.1) is 0 Å². The fourth-order valence-corrected chi connectivity index (χ4v) is 2.36. The minimum atomic E-state index is 0.0345. The van der Waals surface area contributed by atoms with Gasteiger partial charge < -0.3 is 5.73 Å². The van der Waals surface area contributed by atoms with Gasteiger partial charge in [0.2, 0.25) is 5.13 Å². The molecule has 0 aliphatic carbocycles. The van der Waals surface area contributed by atoms with Gasteiger partial charge in [0.25, 0.3) is 0 Å². The molecule has 0 spiro atoms. The molecule has 0 fully saturated rings. The van der Waals surface area contributed by atoms with Crippen LogP contribution in [0.15, 0.2) is 6.20 Å². The topological polar surface area (TPSA) is 82.5 Å². The number of aryl methyl sites for hydroxylation is 1. The first-order valence-corrected chi connectivity index (χ1v) is 7.02. The van der Waals surface area contributed by atoms with Gasteiger partial charge in [0.05, 0.1) is 5.69 Å². The van der Waals surface area contributed by atoms with Crippen LogP contribution >= 0.6 is 11.3 Å². The molecule has 0 saturated carbocycles. The second kappa shape index (κ2) is 5.90. The Bertz CT molecular complexity index is 491. The molecule has 18 heavy (non-hydrogen) atoms. The van der Waals surface area contributed by atoms with E-state index in [1.54, 1.807) is 0 Å². The molecule has 98 valence electrons. The number of anilines is 1. The van der Waals surface area contributed by atoms with Crippen molar-refractivity contribution < 1.29 is 0 Å². The van der Waals surface area contributed by atoms with Crippen molar-refractivity contribution in [2.45, 2.75) is 45.6 Å². The van der Waals surface area contributed by atoms with E-state index in [9.17, 15) is 0 Å². The summed E-state index contributed by atoms with van der Waals surface area (Å²) in [4.78, 5) is 0. The molecule has 0 radical (unpaired) electrons. The first kappa shape index (κ1) is 12.9. The Balaban J connectivity index is 2.00. The summed E-state index contributed by atoms with van der Waals surface area (Å²) in [7, 11) is 0. The maximum absolute atomic E-state index is 5.58. The number of aromatic nitrogens is 5. The Hall–Kier alpha value is -1.50. The van der Waals surface area contributed by atoms with Gasteiger partial charge in [-0.2, -0.15) is 0 Å². The Kier molecular flexibility index (Phi) is 4.24. The van der Waals surface area contributed by atoms with Crippen molar-refractivity contribution in [3.63, 3.8) is 0 Å². The fourth-order valence-electron chi connectivity index (χ4n) is 1.70. The van der Waals surface area contributed by atoms with E-state index in [0.717, 1.165) is 23.5 Å². The van der Waals surface area contributed by atoms with Crippen molar-refractivity contribution in [3.8, 4) is 0 Å². The number of nitrogens with two attached hydrogens (primary N) is 1. The third-order valence-corrected chi connectivity index (χ3v) is 3.73. The third kappa shape index (κ3) is 3.04. The van der Waals surface area contributed by atoms with Crippen LogP contribution in [-0.2, 0) is 6.42 Å². The molecule has 2 N–H and O–H groups in total. The Labute approximate surface area is 110 Å². The minimum Gasteiger partial charge on any atom is -0.374 e. The number of unbranched alkanes of at least 4 members (excludes halogenated alkanes) is 2. The largest absolute Gasteiger partial charge is 0.374 e. The molecule has 0 bridgehead atoms. The Morgan fingerprint density at radius 3 is 2.83 bits per heavy atom. The molecule has 2 heterocycles. The molecule has 0 aliphatic rings. The Morgan fingerprint density at radius 1 is 1.33 bits per heavy atom. The van der Waals surface area contributed by atoms with Gasteiger partial charge in [-0.05, 0) is 19.8 Å². The van der Waals surface area contributed by atoms with Crippen LogP contribution < -0.4 is 5.73 Å². The van der Waals surface area contributed by atoms with E-state index in [4.69, 9.17) is 5.73 Å². The van der Waals surface area contributed by atoms with Crippen molar-refractivity contribution in [1.29, 1.82) is 0 Å². The molecule has 1 atom stereocenters. The number of rotatable bonds is 6. The van der Waals surface area contributed by atoms with Gasteiger partial charge in [0.1, 0.15) is 11.0 Å². The van der Waals surface area contributed by atoms with Gasteiger partial charge in [0.15, 0.2) is 0 Å². The van der Waals surface area contributed by atoms with E-state index < -0.39 is 0 Å². The number of nitrogen functional groups attached to an aromatic ring is 1. The summed E-state index contributed by atoms with van der Waals surface area (Å²) in [5.74, 6) is 0. The van der Waals surface area contributed by atoms with Gasteiger partial charge in [-0.25, -0.2) is 4.68 Å². The summed E-state index contributed by atoms with van der Waals surface area (Å²) in [6, 6.07) is 0.0345. The highest BCUT2D eigenvalue weighted by Gasteiger charge is 2.14. The second-order valence-electron chi connectivity index (χ2n) is 4.30. The molecule has 0 aromatic carbocycles. The van der Waals surface area contributed by atoms with Crippen molar-refractivity contribution in [2.75, 3.05) is 5.73 Å². The highest BCUT2D eigenvalue weighted by molar-refractivity contribution is 7.15. The summed E-state index contributed by atoms with van der Waals surface area (Å²) < 4.78 is 1.82. The average Bonchev–Trinajstić information content (AvgIpc) is 2.98.